The zero-order valence-electron chi connectivity index (χ0n) is 10.9. The number of carbonyl (C=O) groups excluding carboxylic acids is 2. The third kappa shape index (κ3) is 5.91. The summed E-state index contributed by atoms with van der Waals surface area (Å²) in [5.74, 6) is -1.94. The molecule has 0 rings (SSSR count). The first-order valence-electron chi connectivity index (χ1n) is 5.91. The van der Waals surface area contributed by atoms with Crippen LogP contribution >= 0.6 is 11.6 Å². The minimum Gasteiger partial charge on any atom is -0.465 e. The van der Waals surface area contributed by atoms with E-state index in [1.807, 2.05) is 13.8 Å². The van der Waals surface area contributed by atoms with E-state index >= 15 is 0 Å². The van der Waals surface area contributed by atoms with Gasteiger partial charge in [0, 0.05) is 0 Å². The summed E-state index contributed by atoms with van der Waals surface area (Å²) in [7, 11) is 0. The van der Waals surface area contributed by atoms with Crippen LogP contribution in [0.2, 0.25) is 0 Å². The molecule has 0 aliphatic heterocycles. The summed E-state index contributed by atoms with van der Waals surface area (Å²) in [6.45, 7) is 7.77. The fraction of sp³-hybridized carbons (Fsp3) is 0.833. The van der Waals surface area contributed by atoms with Crippen molar-refractivity contribution >= 4 is 23.5 Å². The third-order valence-electron chi connectivity index (χ3n) is 2.14. The molecule has 0 heterocycles. The van der Waals surface area contributed by atoms with E-state index in [4.69, 9.17) is 21.1 Å². The first kappa shape index (κ1) is 16.2. The van der Waals surface area contributed by atoms with Gasteiger partial charge in [-0.15, -0.1) is 11.6 Å². The van der Waals surface area contributed by atoms with Crippen molar-refractivity contribution in [2.75, 3.05) is 13.2 Å². The molecule has 0 radical (unpaired) electrons. The minimum atomic E-state index is -1.03. The molecule has 0 unspecified atom stereocenters. The van der Waals surface area contributed by atoms with Gasteiger partial charge in [0.1, 0.15) is 0 Å². The molecule has 0 aromatic rings. The predicted octanol–water partition coefficient (Wildman–Crippen LogP) is 2.38. The van der Waals surface area contributed by atoms with Crippen molar-refractivity contribution < 1.29 is 19.1 Å². The Hall–Kier alpha value is -0.770. The molecule has 0 fully saturated rings. The summed E-state index contributed by atoms with van der Waals surface area (Å²) in [5.41, 5.74) is 0. The average Bonchev–Trinajstić information content (AvgIpc) is 2.17. The standard InChI is InChI=1S/C12H21ClO4/c1-5-16-11(14)10(12(15)17-6-2)9(13)7-8(3)4/h8-10H,5-7H2,1-4H3/t9-/m1/s1. The molecule has 100 valence electrons. The Morgan fingerprint density at radius 1 is 1.06 bits per heavy atom. The molecule has 0 saturated heterocycles. The van der Waals surface area contributed by atoms with Gasteiger partial charge in [0.2, 0.25) is 0 Å². The van der Waals surface area contributed by atoms with Crippen molar-refractivity contribution in [2.45, 2.75) is 39.5 Å². The van der Waals surface area contributed by atoms with Crippen molar-refractivity contribution in [3.8, 4) is 0 Å². The molecule has 0 amide bonds. The van der Waals surface area contributed by atoms with Crippen LogP contribution in [0.5, 0.6) is 0 Å². The lowest BCUT2D eigenvalue weighted by atomic mass is 9.97. The highest BCUT2D eigenvalue weighted by molar-refractivity contribution is 6.24. The van der Waals surface area contributed by atoms with Gasteiger partial charge in [0.15, 0.2) is 5.92 Å². The first-order valence-corrected chi connectivity index (χ1v) is 6.34. The second kappa shape index (κ2) is 8.34. The number of rotatable bonds is 7. The molecule has 17 heavy (non-hydrogen) atoms. The number of ether oxygens (including phenoxy) is 2. The molecular weight excluding hydrogens is 244 g/mol. The van der Waals surface area contributed by atoms with Gasteiger partial charge in [-0.25, -0.2) is 0 Å². The van der Waals surface area contributed by atoms with Crippen LogP contribution in [0.15, 0.2) is 0 Å². The number of hydrogen-bond acceptors (Lipinski definition) is 4. The van der Waals surface area contributed by atoms with E-state index in [9.17, 15) is 9.59 Å². The molecule has 0 aliphatic carbocycles. The van der Waals surface area contributed by atoms with Crippen molar-refractivity contribution in [3.05, 3.63) is 0 Å². The van der Waals surface area contributed by atoms with Crippen LogP contribution in [0, 0.1) is 11.8 Å². The van der Waals surface area contributed by atoms with E-state index in [0.29, 0.717) is 12.3 Å². The lowest BCUT2D eigenvalue weighted by Crippen LogP contribution is -2.35. The van der Waals surface area contributed by atoms with Crippen molar-refractivity contribution in [1.82, 2.24) is 0 Å². The van der Waals surface area contributed by atoms with Gasteiger partial charge in [-0.2, -0.15) is 0 Å². The van der Waals surface area contributed by atoms with Crippen molar-refractivity contribution in [2.24, 2.45) is 11.8 Å². The molecule has 1 atom stereocenters. The van der Waals surface area contributed by atoms with Crippen LogP contribution in [-0.4, -0.2) is 30.5 Å². The first-order chi connectivity index (χ1) is 7.93. The molecule has 0 aromatic carbocycles. The number of esters is 2. The molecule has 0 aliphatic rings. The summed E-state index contributed by atoms with van der Waals surface area (Å²) in [6.07, 6.45) is 0.559. The Balaban J connectivity index is 4.70. The van der Waals surface area contributed by atoms with Gasteiger partial charge in [0.25, 0.3) is 0 Å². The topological polar surface area (TPSA) is 52.6 Å². The van der Waals surface area contributed by atoms with Gasteiger partial charge < -0.3 is 9.47 Å². The fourth-order valence-corrected chi connectivity index (χ4v) is 2.00. The third-order valence-corrected chi connectivity index (χ3v) is 2.57. The molecule has 4 nitrogen and oxygen atoms in total. The Morgan fingerprint density at radius 3 is 1.76 bits per heavy atom. The highest BCUT2D eigenvalue weighted by atomic mass is 35.5. The molecule has 0 bridgehead atoms. The zero-order chi connectivity index (χ0) is 13.4. The molecular formula is C12H21ClO4. The number of carbonyl (C=O) groups is 2. The van der Waals surface area contributed by atoms with E-state index in [0.717, 1.165) is 0 Å². The van der Waals surface area contributed by atoms with Crippen LogP contribution in [0.1, 0.15) is 34.1 Å². The molecule has 0 aromatic heterocycles. The number of alkyl halides is 1. The second-order valence-corrected chi connectivity index (χ2v) is 4.69. The average molecular weight is 265 g/mol. The Labute approximate surface area is 108 Å². The lowest BCUT2D eigenvalue weighted by molar-refractivity contribution is -0.161. The van der Waals surface area contributed by atoms with E-state index < -0.39 is 23.2 Å². The van der Waals surface area contributed by atoms with Crippen LogP contribution < -0.4 is 0 Å². The molecule has 0 saturated carbocycles. The predicted molar refractivity (Wildman–Crippen MR) is 65.9 cm³/mol. The van der Waals surface area contributed by atoms with Gasteiger partial charge in [0.05, 0.1) is 18.6 Å². The Morgan fingerprint density at radius 2 is 1.47 bits per heavy atom. The van der Waals surface area contributed by atoms with Crippen LogP contribution in [-0.2, 0) is 19.1 Å². The number of hydrogen-bond donors (Lipinski definition) is 0. The largest absolute Gasteiger partial charge is 0.465 e. The van der Waals surface area contributed by atoms with Gasteiger partial charge in [-0.05, 0) is 26.2 Å². The SMILES string of the molecule is CCOC(=O)C(C(=O)OCC)[C@H](Cl)CC(C)C. The Bertz CT molecular complexity index is 235. The smallest absolute Gasteiger partial charge is 0.321 e. The maximum atomic E-state index is 11.7. The van der Waals surface area contributed by atoms with E-state index in [1.165, 1.54) is 0 Å². The normalized spacial score (nSPS) is 12.6. The summed E-state index contributed by atoms with van der Waals surface area (Å²) in [5, 5.41) is -0.590. The van der Waals surface area contributed by atoms with E-state index in [2.05, 4.69) is 0 Å². The van der Waals surface area contributed by atoms with Gasteiger partial charge in [-0.1, -0.05) is 13.8 Å². The number of halogens is 1. The zero-order valence-corrected chi connectivity index (χ0v) is 11.6. The fourth-order valence-electron chi connectivity index (χ4n) is 1.44. The van der Waals surface area contributed by atoms with E-state index in [1.54, 1.807) is 13.8 Å². The van der Waals surface area contributed by atoms with Crippen molar-refractivity contribution in [3.63, 3.8) is 0 Å². The van der Waals surface area contributed by atoms with Crippen molar-refractivity contribution in [1.29, 1.82) is 0 Å². The van der Waals surface area contributed by atoms with Crippen LogP contribution in [0.4, 0.5) is 0 Å². The molecule has 0 N–H and O–H groups in total. The lowest BCUT2D eigenvalue weighted by Gasteiger charge is -2.20. The van der Waals surface area contributed by atoms with Crippen LogP contribution in [0.25, 0.3) is 0 Å². The summed E-state index contributed by atoms with van der Waals surface area (Å²) in [6, 6.07) is 0. The van der Waals surface area contributed by atoms with Gasteiger partial charge in [-0.3, -0.25) is 9.59 Å². The van der Waals surface area contributed by atoms with Gasteiger partial charge >= 0.3 is 11.9 Å². The highest BCUT2D eigenvalue weighted by Crippen LogP contribution is 2.22. The van der Waals surface area contributed by atoms with Crippen LogP contribution in [0.3, 0.4) is 0 Å². The molecule has 5 heteroatoms. The second-order valence-electron chi connectivity index (χ2n) is 4.13. The maximum absolute atomic E-state index is 11.7. The Kier molecular flexibility index (Phi) is 7.96. The molecule has 0 spiro atoms. The summed E-state index contributed by atoms with van der Waals surface area (Å²) in [4.78, 5) is 23.3. The monoisotopic (exact) mass is 264 g/mol. The van der Waals surface area contributed by atoms with E-state index in [-0.39, 0.29) is 13.2 Å². The maximum Gasteiger partial charge on any atom is 0.321 e. The quantitative estimate of drug-likeness (QED) is 0.402. The minimum absolute atomic E-state index is 0.222. The highest BCUT2D eigenvalue weighted by Gasteiger charge is 2.36. The summed E-state index contributed by atoms with van der Waals surface area (Å²) < 4.78 is 9.70. The summed E-state index contributed by atoms with van der Waals surface area (Å²) >= 11 is 6.10.